The summed E-state index contributed by atoms with van der Waals surface area (Å²) in [4.78, 5) is 3.83. The molecule has 1 aromatic heterocycles. The maximum absolute atomic E-state index is 11.7. The highest BCUT2D eigenvalue weighted by Crippen LogP contribution is 2.26. The number of aromatic nitrogens is 1. The van der Waals surface area contributed by atoms with Crippen LogP contribution in [-0.4, -0.2) is 19.9 Å². The molecular weight excluding hydrogens is 270 g/mol. The van der Waals surface area contributed by atoms with Gasteiger partial charge in [0, 0.05) is 13.0 Å². The number of rotatable bonds is 5. The summed E-state index contributed by atoms with van der Waals surface area (Å²) in [6, 6.07) is 1.94. The zero-order valence-electron chi connectivity index (χ0n) is 8.53. The molecule has 0 fully saturated rings. The number of thiazole rings is 1. The first-order chi connectivity index (χ1) is 7.47. The molecule has 1 aromatic rings. The van der Waals surface area contributed by atoms with Crippen molar-refractivity contribution in [1.29, 1.82) is 5.26 Å². The number of halogens is 1. The monoisotopic (exact) mass is 279 g/mol. The molecule has 88 valence electrons. The first kappa shape index (κ1) is 13.4. The molecule has 0 amide bonds. The minimum atomic E-state index is -3.54. The van der Waals surface area contributed by atoms with Gasteiger partial charge in [0.25, 0.3) is 10.0 Å². The van der Waals surface area contributed by atoms with Crippen molar-refractivity contribution in [1.82, 2.24) is 9.71 Å². The fourth-order valence-electron chi connectivity index (χ4n) is 1.04. The number of aryl methyl sites for hydroxylation is 1. The molecule has 1 rings (SSSR count). The van der Waals surface area contributed by atoms with Crippen LogP contribution in [0.2, 0.25) is 4.47 Å². The molecule has 0 atom stereocenters. The van der Waals surface area contributed by atoms with Crippen LogP contribution in [0.4, 0.5) is 0 Å². The molecule has 16 heavy (non-hydrogen) atoms. The van der Waals surface area contributed by atoms with Gasteiger partial charge in [-0.1, -0.05) is 22.9 Å². The van der Waals surface area contributed by atoms with Gasteiger partial charge in [0.05, 0.1) is 11.8 Å². The van der Waals surface area contributed by atoms with E-state index >= 15 is 0 Å². The smallest absolute Gasteiger partial charge is 0.229 e. The summed E-state index contributed by atoms with van der Waals surface area (Å²) in [6.07, 6.45) is 0.812. The number of nitrogens with zero attached hydrogens (tertiary/aromatic N) is 2. The SMILES string of the molecule is Cc1nc(Cl)sc1S(=O)(=O)NCCCC#N. The van der Waals surface area contributed by atoms with Crippen LogP contribution in [0.15, 0.2) is 4.21 Å². The number of hydrogen-bond acceptors (Lipinski definition) is 5. The first-order valence-electron chi connectivity index (χ1n) is 4.47. The maximum atomic E-state index is 11.7. The van der Waals surface area contributed by atoms with Crippen molar-refractivity contribution in [2.45, 2.75) is 24.0 Å². The van der Waals surface area contributed by atoms with E-state index in [1.165, 1.54) is 0 Å². The van der Waals surface area contributed by atoms with Crippen LogP contribution >= 0.6 is 22.9 Å². The van der Waals surface area contributed by atoms with Crippen LogP contribution in [-0.2, 0) is 10.0 Å². The highest BCUT2D eigenvalue weighted by atomic mass is 35.5. The van der Waals surface area contributed by atoms with Crippen molar-refractivity contribution in [2.24, 2.45) is 0 Å². The molecule has 0 aromatic carbocycles. The quantitative estimate of drug-likeness (QED) is 0.832. The predicted molar refractivity (Wildman–Crippen MR) is 61.9 cm³/mol. The average Bonchev–Trinajstić information content (AvgIpc) is 2.53. The second kappa shape index (κ2) is 5.59. The molecule has 0 unspecified atom stereocenters. The Morgan fingerprint density at radius 2 is 2.31 bits per heavy atom. The number of nitriles is 1. The normalized spacial score (nSPS) is 11.3. The van der Waals surface area contributed by atoms with E-state index in [0.717, 1.165) is 11.3 Å². The van der Waals surface area contributed by atoms with E-state index in [2.05, 4.69) is 9.71 Å². The lowest BCUT2D eigenvalue weighted by Crippen LogP contribution is -2.24. The number of unbranched alkanes of at least 4 members (excludes halogenated alkanes) is 1. The van der Waals surface area contributed by atoms with Gasteiger partial charge in [-0.05, 0) is 13.3 Å². The zero-order chi connectivity index (χ0) is 12.2. The third-order valence-electron chi connectivity index (χ3n) is 1.73. The summed E-state index contributed by atoms with van der Waals surface area (Å²) in [5.74, 6) is 0. The summed E-state index contributed by atoms with van der Waals surface area (Å²) >= 11 is 6.55. The Hall–Kier alpha value is -0.680. The van der Waals surface area contributed by atoms with Crippen molar-refractivity contribution >= 4 is 33.0 Å². The van der Waals surface area contributed by atoms with E-state index in [-0.39, 0.29) is 15.2 Å². The lowest BCUT2D eigenvalue weighted by atomic mass is 10.3. The Morgan fingerprint density at radius 1 is 1.62 bits per heavy atom. The standard InChI is InChI=1S/C8H10ClN3O2S2/c1-6-7(15-8(9)12-6)16(13,14)11-5-3-2-4-10/h11H,2-3,5H2,1H3. The van der Waals surface area contributed by atoms with E-state index in [9.17, 15) is 8.42 Å². The molecule has 0 aliphatic rings. The van der Waals surface area contributed by atoms with Crippen LogP contribution in [0.3, 0.4) is 0 Å². The molecule has 1 N–H and O–H groups in total. The number of hydrogen-bond donors (Lipinski definition) is 1. The van der Waals surface area contributed by atoms with E-state index in [4.69, 9.17) is 16.9 Å². The second-order valence-electron chi connectivity index (χ2n) is 3.00. The summed E-state index contributed by atoms with van der Waals surface area (Å²) in [6.45, 7) is 1.83. The lowest BCUT2D eigenvalue weighted by Gasteiger charge is -2.03. The van der Waals surface area contributed by atoms with Gasteiger partial charge in [0.1, 0.15) is 0 Å². The highest BCUT2D eigenvalue weighted by Gasteiger charge is 2.20. The number of nitrogens with one attached hydrogen (secondary N) is 1. The van der Waals surface area contributed by atoms with Crippen molar-refractivity contribution in [2.75, 3.05) is 6.54 Å². The van der Waals surface area contributed by atoms with Gasteiger partial charge >= 0.3 is 0 Å². The van der Waals surface area contributed by atoms with Crippen LogP contribution in [0.5, 0.6) is 0 Å². The van der Waals surface area contributed by atoms with Crippen LogP contribution in [0, 0.1) is 18.3 Å². The Bertz CT molecular complexity index is 504. The maximum Gasteiger partial charge on any atom is 0.251 e. The Morgan fingerprint density at radius 3 is 2.81 bits per heavy atom. The van der Waals surface area contributed by atoms with E-state index in [1.807, 2.05) is 6.07 Å². The molecule has 0 spiro atoms. The summed E-state index contributed by atoms with van der Waals surface area (Å²) < 4.78 is 26.2. The fourth-order valence-corrected chi connectivity index (χ4v) is 3.89. The topological polar surface area (TPSA) is 82.8 Å². The molecule has 0 saturated heterocycles. The Kier molecular flexibility index (Phi) is 4.68. The van der Waals surface area contributed by atoms with E-state index in [0.29, 0.717) is 18.5 Å². The lowest BCUT2D eigenvalue weighted by molar-refractivity contribution is 0.581. The predicted octanol–water partition coefficient (Wildman–Crippen LogP) is 1.69. The largest absolute Gasteiger partial charge is 0.251 e. The third kappa shape index (κ3) is 3.42. The molecule has 5 nitrogen and oxygen atoms in total. The molecule has 8 heteroatoms. The Balaban J connectivity index is 2.72. The molecule has 0 aliphatic heterocycles. The van der Waals surface area contributed by atoms with Gasteiger partial charge in [-0.25, -0.2) is 18.1 Å². The minimum Gasteiger partial charge on any atom is -0.229 e. The third-order valence-corrected chi connectivity index (χ3v) is 5.06. The van der Waals surface area contributed by atoms with Gasteiger partial charge in [0.15, 0.2) is 8.68 Å². The summed E-state index contributed by atoms with van der Waals surface area (Å²) in [5.41, 5.74) is 0.391. The molecule has 0 aliphatic carbocycles. The molecular formula is C8H10ClN3O2S2. The van der Waals surface area contributed by atoms with Crippen molar-refractivity contribution in [3.63, 3.8) is 0 Å². The Labute approximate surface area is 103 Å². The molecule has 1 heterocycles. The van der Waals surface area contributed by atoms with Crippen LogP contribution in [0.25, 0.3) is 0 Å². The van der Waals surface area contributed by atoms with Crippen molar-refractivity contribution in [3.05, 3.63) is 10.2 Å². The summed E-state index contributed by atoms with van der Waals surface area (Å²) in [5, 5.41) is 8.31. The van der Waals surface area contributed by atoms with Crippen molar-refractivity contribution in [3.8, 4) is 6.07 Å². The van der Waals surface area contributed by atoms with E-state index < -0.39 is 10.0 Å². The van der Waals surface area contributed by atoms with Crippen LogP contribution < -0.4 is 4.72 Å². The second-order valence-corrected chi connectivity index (χ2v) is 6.54. The van der Waals surface area contributed by atoms with Gasteiger partial charge < -0.3 is 0 Å². The van der Waals surface area contributed by atoms with Gasteiger partial charge in [0.2, 0.25) is 0 Å². The average molecular weight is 280 g/mol. The van der Waals surface area contributed by atoms with Gasteiger partial charge in [-0.3, -0.25) is 0 Å². The minimum absolute atomic E-state index is 0.134. The fraction of sp³-hybridized carbons (Fsp3) is 0.500. The van der Waals surface area contributed by atoms with Crippen LogP contribution in [0.1, 0.15) is 18.5 Å². The van der Waals surface area contributed by atoms with E-state index in [1.54, 1.807) is 6.92 Å². The summed E-state index contributed by atoms with van der Waals surface area (Å²) in [7, 11) is -3.54. The molecule has 0 bridgehead atoms. The van der Waals surface area contributed by atoms with Crippen molar-refractivity contribution < 1.29 is 8.42 Å². The zero-order valence-corrected chi connectivity index (χ0v) is 10.9. The molecule has 0 saturated carbocycles. The number of sulfonamides is 1. The molecule has 0 radical (unpaired) electrons. The van der Waals surface area contributed by atoms with Gasteiger partial charge in [-0.15, -0.1) is 0 Å². The van der Waals surface area contributed by atoms with Gasteiger partial charge in [-0.2, -0.15) is 5.26 Å². The first-order valence-corrected chi connectivity index (χ1v) is 7.14. The highest BCUT2D eigenvalue weighted by molar-refractivity contribution is 7.91.